The molecule has 3 aliphatic carbocycles. The lowest BCUT2D eigenvalue weighted by Crippen LogP contribution is -2.45. The highest BCUT2D eigenvalue weighted by molar-refractivity contribution is 5.79. The third-order valence-electron chi connectivity index (χ3n) is 5.20. The van der Waals surface area contributed by atoms with Gasteiger partial charge in [0.1, 0.15) is 0 Å². The summed E-state index contributed by atoms with van der Waals surface area (Å²) in [5.41, 5.74) is 2.74. The number of fused-ring (bicyclic) bond motifs is 2. The molecule has 3 fully saturated rings. The van der Waals surface area contributed by atoms with Crippen LogP contribution in [0.3, 0.4) is 0 Å². The number of hydrogen-bond donors (Lipinski definition) is 3. The number of hydrazine groups is 1. The number of hydrogen-bond acceptors (Lipinski definition) is 2. The highest BCUT2D eigenvalue weighted by Gasteiger charge is 2.39. The normalized spacial score (nSPS) is 36.3. The van der Waals surface area contributed by atoms with E-state index in [1.54, 1.807) is 0 Å². The Labute approximate surface area is 110 Å². The van der Waals surface area contributed by atoms with E-state index < -0.39 is 0 Å². The highest BCUT2D eigenvalue weighted by atomic mass is 15.3. The predicted molar refractivity (Wildman–Crippen MR) is 74.0 cm³/mol. The SMILES string of the molecule is NNC(=NCC1CC2CCC1C2)NC1CCCC1. The Bertz CT molecular complexity index is 309. The monoisotopic (exact) mass is 250 g/mol. The van der Waals surface area contributed by atoms with Crippen LogP contribution in [0.25, 0.3) is 0 Å². The first-order valence-electron chi connectivity index (χ1n) is 7.62. The average molecular weight is 250 g/mol. The van der Waals surface area contributed by atoms with Crippen molar-refractivity contribution in [1.29, 1.82) is 0 Å². The van der Waals surface area contributed by atoms with Crippen LogP contribution in [-0.2, 0) is 0 Å². The molecular formula is C14H26N4. The second kappa shape index (κ2) is 5.47. The zero-order chi connectivity index (χ0) is 12.4. The van der Waals surface area contributed by atoms with Crippen molar-refractivity contribution in [2.75, 3.05) is 6.54 Å². The molecule has 2 bridgehead atoms. The summed E-state index contributed by atoms with van der Waals surface area (Å²) < 4.78 is 0. The second-order valence-electron chi connectivity index (χ2n) is 6.39. The van der Waals surface area contributed by atoms with Crippen molar-refractivity contribution in [2.45, 2.75) is 57.4 Å². The second-order valence-corrected chi connectivity index (χ2v) is 6.39. The summed E-state index contributed by atoms with van der Waals surface area (Å²) in [7, 11) is 0. The first-order valence-corrected chi connectivity index (χ1v) is 7.62. The van der Waals surface area contributed by atoms with Crippen molar-refractivity contribution in [3.63, 3.8) is 0 Å². The molecule has 4 N–H and O–H groups in total. The summed E-state index contributed by atoms with van der Waals surface area (Å²) >= 11 is 0. The Morgan fingerprint density at radius 2 is 1.94 bits per heavy atom. The number of nitrogens with two attached hydrogens (primary N) is 1. The molecule has 0 saturated heterocycles. The summed E-state index contributed by atoms with van der Waals surface area (Å²) in [6.45, 7) is 0.959. The number of rotatable bonds is 3. The van der Waals surface area contributed by atoms with Crippen LogP contribution in [0.1, 0.15) is 51.4 Å². The van der Waals surface area contributed by atoms with Crippen molar-refractivity contribution in [1.82, 2.24) is 10.7 Å². The third-order valence-corrected chi connectivity index (χ3v) is 5.20. The molecule has 0 aromatic heterocycles. The molecule has 0 spiro atoms. The van der Waals surface area contributed by atoms with Crippen LogP contribution in [0.2, 0.25) is 0 Å². The molecule has 0 aromatic carbocycles. The molecule has 4 heteroatoms. The van der Waals surface area contributed by atoms with Crippen LogP contribution in [-0.4, -0.2) is 18.5 Å². The molecule has 3 aliphatic rings. The van der Waals surface area contributed by atoms with Crippen molar-refractivity contribution in [3.8, 4) is 0 Å². The molecular weight excluding hydrogens is 224 g/mol. The number of nitrogens with zero attached hydrogens (tertiary/aromatic N) is 1. The molecule has 3 rings (SSSR count). The number of aliphatic imine (C=N–C) groups is 1. The van der Waals surface area contributed by atoms with Gasteiger partial charge in [-0.05, 0) is 49.9 Å². The zero-order valence-corrected chi connectivity index (χ0v) is 11.2. The Kier molecular flexibility index (Phi) is 3.73. The molecule has 3 atom stereocenters. The molecule has 0 heterocycles. The van der Waals surface area contributed by atoms with Crippen LogP contribution < -0.4 is 16.6 Å². The van der Waals surface area contributed by atoms with Crippen LogP contribution >= 0.6 is 0 Å². The average Bonchev–Trinajstić information content (AvgIpc) is 3.11. The summed E-state index contributed by atoms with van der Waals surface area (Å²) in [4.78, 5) is 4.68. The van der Waals surface area contributed by atoms with Gasteiger partial charge >= 0.3 is 0 Å². The van der Waals surface area contributed by atoms with E-state index >= 15 is 0 Å². The molecule has 102 valence electrons. The summed E-state index contributed by atoms with van der Waals surface area (Å²) in [5, 5.41) is 3.45. The van der Waals surface area contributed by atoms with Crippen molar-refractivity contribution < 1.29 is 0 Å². The van der Waals surface area contributed by atoms with Gasteiger partial charge in [0.05, 0.1) is 0 Å². The minimum Gasteiger partial charge on any atom is -0.353 e. The smallest absolute Gasteiger partial charge is 0.205 e. The Balaban J connectivity index is 1.50. The van der Waals surface area contributed by atoms with Crippen LogP contribution in [0.5, 0.6) is 0 Å². The van der Waals surface area contributed by atoms with Gasteiger partial charge in [-0.3, -0.25) is 10.4 Å². The van der Waals surface area contributed by atoms with E-state index in [0.29, 0.717) is 6.04 Å². The van der Waals surface area contributed by atoms with E-state index in [1.807, 2.05) is 0 Å². The number of guanidine groups is 1. The fourth-order valence-electron chi connectivity index (χ4n) is 4.21. The van der Waals surface area contributed by atoms with Crippen molar-refractivity contribution >= 4 is 5.96 Å². The van der Waals surface area contributed by atoms with E-state index in [-0.39, 0.29) is 0 Å². The first kappa shape index (κ1) is 12.3. The van der Waals surface area contributed by atoms with Gasteiger partial charge in [-0.15, -0.1) is 0 Å². The summed E-state index contributed by atoms with van der Waals surface area (Å²) in [6.07, 6.45) is 10.9. The maximum atomic E-state index is 5.57. The molecule has 18 heavy (non-hydrogen) atoms. The minimum absolute atomic E-state index is 0.583. The molecule has 0 amide bonds. The number of nitrogens with one attached hydrogen (secondary N) is 2. The predicted octanol–water partition coefficient (Wildman–Crippen LogP) is 1.77. The molecule has 3 saturated carbocycles. The van der Waals surface area contributed by atoms with Gasteiger partial charge in [0.2, 0.25) is 5.96 Å². The molecule has 0 aromatic rings. The van der Waals surface area contributed by atoms with Crippen molar-refractivity contribution in [3.05, 3.63) is 0 Å². The fourth-order valence-corrected chi connectivity index (χ4v) is 4.21. The maximum Gasteiger partial charge on any atom is 0.205 e. The fraction of sp³-hybridized carbons (Fsp3) is 0.929. The van der Waals surface area contributed by atoms with E-state index in [2.05, 4.69) is 15.7 Å². The van der Waals surface area contributed by atoms with E-state index in [0.717, 1.165) is 30.3 Å². The van der Waals surface area contributed by atoms with Crippen LogP contribution in [0.15, 0.2) is 4.99 Å². The van der Waals surface area contributed by atoms with Gasteiger partial charge in [0.25, 0.3) is 0 Å². The standard InChI is InChI=1S/C14H26N4/c15-18-14(17-13-3-1-2-4-13)16-9-12-8-10-5-6-11(12)7-10/h10-13H,1-9,15H2,(H2,16,17,18). The lowest BCUT2D eigenvalue weighted by atomic mass is 9.89. The Morgan fingerprint density at radius 1 is 1.11 bits per heavy atom. The van der Waals surface area contributed by atoms with Crippen LogP contribution in [0.4, 0.5) is 0 Å². The largest absolute Gasteiger partial charge is 0.353 e. The highest BCUT2D eigenvalue weighted by Crippen LogP contribution is 2.48. The Morgan fingerprint density at radius 3 is 2.56 bits per heavy atom. The van der Waals surface area contributed by atoms with Gasteiger partial charge in [-0.2, -0.15) is 0 Å². The van der Waals surface area contributed by atoms with Crippen molar-refractivity contribution in [2.24, 2.45) is 28.6 Å². The summed E-state index contributed by atoms with van der Waals surface area (Å²) in [6, 6.07) is 0.583. The molecule has 4 nitrogen and oxygen atoms in total. The quantitative estimate of drug-likeness (QED) is 0.310. The van der Waals surface area contributed by atoms with Gasteiger partial charge in [0.15, 0.2) is 0 Å². The maximum absolute atomic E-state index is 5.57. The molecule has 0 aliphatic heterocycles. The Hall–Kier alpha value is -0.770. The van der Waals surface area contributed by atoms with Gasteiger partial charge in [0, 0.05) is 12.6 Å². The van der Waals surface area contributed by atoms with Gasteiger partial charge < -0.3 is 5.32 Å². The zero-order valence-electron chi connectivity index (χ0n) is 11.2. The van der Waals surface area contributed by atoms with Gasteiger partial charge in [-0.25, -0.2) is 5.84 Å². The first-order chi connectivity index (χ1) is 8.85. The van der Waals surface area contributed by atoms with E-state index in [9.17, 15) is 0 Å². The van der Waals surface area contributed by atoms with E-state index in [4.69, 9.17) is 5.84 Å². The van der Waals surface area contributed by atoms with Crippen LogP contribution in [0, 0.1) is 17.8 Å². The van der Waals surface area contributed by atoms with Gasteiger partial charge in [-0.1, -0.05) is 19.3 Å². The lowest BCUT2D eigenvalue weighted by molar-refractivity contribution is 0.341. The topological polar surface area (TPSA) is 62.4 Å². The minimum atomic E-state index is 0.583. The summed E-state index contributed by atoms with van der Waals surface area (Å²) in [5.74, 6) is 9.15. The molecule has 3 unspecified atom stereocenters. The lowest BCUT2D eigenvalue weighted by Gasteiger charge is -2.21. The molecule has 0 radical (unpaired) electrons. The van der Waals surface area contributed by atoms with E-state index in [1.165, 1.54) is 51.4 Å². The third kappa shape index (κ3) is 2.63.